The van der Waals surface area contributed by atoms with E-state index in [0.29, 0.717) is 5.56 Å². The van der Waals surface area contributed by atoms with E-state index >= 15 is 0 Å². The van der Waals surface area contributed by atoms with Crippen molar-refractivity contribution in [3.63, 3.8) is 0 Å². The lowest BCUT2D eigenvalue weighted by molar-refractivity contribution is 1.36. The van der Waals surface area contributed by atoms with Gasteiger partial charge in [0, 0.05) is 0 Å². The van der Waals surface area contributed by atoms with E-state index in [0.717, 1.165) is 5.56 Å². The zero-order valence-electron chi connectivity index (χ0n) is 11.4. The summed E-state index contributed by atoms with van der Waals surface area (Å²) < 4.78 is 0. The summed E-state index contributed by atoms with van der Waals surface area (Å²) in [4.78, 5) is 0. The molecule has 0 bridgehead atoms. The molecule has 0 aliphatic heterocycles. The van der Waals surface area contributed by atoms with E-state index in [4.69, 9.17) is 10.5 Å². The van der Waals surface area contributed by atoms with Crippen molar-refractivity contribution in [3.8, 4) is 24.3 Å². The molecule has 0 spiro atoms. The van der Waals surface area contributed by atoms with Gasteiger partial charge in [0.15, 0.2) is 0 Å². The first-order chi connectivity index (χ1) is 10.7. The number of hydrogen-bond donors (Lipinski definition) is 0. The van der Waals surface area contributed by atoms with Gasteiger partial charge < -0.3 is 0 Å². The molecular weight excluding hydrogens is 272 g/mol. The Bertz CT molecular complexity index is 911. The highest BCUT2D eigenvalue weighted by Gasteiger charge is 2.16. The third kappa shape index (κ3) is 2.68. The Morgan fingerprint density at radius 3 is 1.86 bits per heavy atom. The molecule has 0 N–H and O–H groups in total. The van der Waals surface area contributed by atoms with Gasteiger partial charge in [-0.2, -0.15) is 21.0 Å². The predicted octanol–water partition coefficient (Wildman–Crippen LogP) is 3.34. The fourth-order valence-electron chi connectivity index (χ4n) is 2.02. The maximum Gasteiger partial charge on any atom is 0.102 e. The van der Waals surface area contributed by atoms with E-state index in [1.165, 1.54) is 6.07 Å². The van der Waals surface area contributed by atoms with E-state index in [2.05, 4.69) is 0 Å². The minimum Gasteiger partial charge on any atom is -0.192 e. The Kier molecular flexibility index (Phi) is 4.32. The second kappa shape index (κ2) is 6.53. The molecule has 0 amide bonds. The quantitative estimate of drug-likeness (QED) is 0.788. The second-order valence-electron chi connectivity index (χ2n) is 4.33. The van der Waals surface area contributed by atoms with Gasteiger partial charge in [-0.15, -0.1) is 0 Å². The molecule has 0 aliphatic carbocycles. The number of benzene rings is 2. The minimum absolute atomic E-state index is 0.0570. The van der Waals surface area contributed by atoms with Gasteiger partial charge in [0.2, 0.25) is 0 Å². The average Bonchev–Trinajstić information content (AvgIpc) is 2.58. The highest BCUT2D eigenvalue weighted by molar-refractivity contribution is 5.77. The maximum absolute atomic E-state index is 9.28. The average molecular weight is 280 g/mol. The number of nitrogens with zero attached hydrogens (tertiary/aromatic N) is 4. The molecule has 0 fully saturated rings. The molecule has 0 radical (unpaired) electrons. The zero-order valence-corrected chi connectivity index (χ0v) is 11.4. The SMILES string of the molecule is N#Cc1cc(C=Cc2ccccc2)c(C#N)c(C#N)c1C#N. The Morgan fingerprint density at radius 1 is 0.682 bits per heavy atom. The predicted molar refractivity (Wildman–Crippen MR) is 80.7 cm³/mol. The first-order valence-corrected chi connectivity index (χ1v) is 6.29. The van der Waals surface area contributed by atoms with Crippen LogP contribution >= 0.6 is 0 Å². The van der Waals surface area contributed by atoms with Crippen LogP contribution in [0.5, 0.6) is 0 Å². The van der Waals surface area contributed by atoms with Crippen molar-refractivity contribution < 1.29 is 0 Å². The van der Waals surface area contributed by atoms with E-state index in [9.17, 15) is 10.5 Å². The van der Waals surface area contributed by atoms with E-state index in [1.54, 1.807) is 12.2 Å². The second-order valence-corrected chi connectivity index (χ2v) is 4.33. The Hall–Kier alpha value is -3.86. The molecule has 0 atom stereocenters. The lowest BCUT2D eigenvalue weighted by Crippen LogP contribution is -1.97. The molecule has 2 aromatic rings. The van der Waals surface area contributed by atoms with Crippen molar-refractivity contribution in [2.24, 2.45) is 0 Å². The highest BCUT2D eigenvalue weighted by atomic mass is 14.3. The summed E-state index contributed by atoms with van der Waals surface area (Å²) in [5.74, 6) is 0. The van der Waals surface area contributed by atoms with E-state index < -0.39 is 0 Å². The van der Waals surface area contributed by atoms with Gasteiger partial charge in [-0.1, -0.05) is 42.5 Å². The Balaban J connectivity index is 2.66. The first-order valence-electron chi connectivity index (χ1n) is 6.29. The van der Waals surface area contributed by atoms with Crippen LogP contribution in [0.15, 0.2) is 36.4 Å². The van der Waals surface area contributed by atoms with Crippen LogP contribution in [0.25, 0.3) is 12.2 Å². The maximum atomic E-state index is 9.28. The topological polar surface area (TPSA) is 95.2 Å². The smallest absolute Gasteiger partial charge is 0.102 e. The largest absolute Gasteiger partial charge is 0.192 e. The molecule has 2 aromatic carbocycles. The van der Waals surface area contributed by atoms with Gasteiger partial charge in [0.1, 0.15) is 24.3 Å². The summed E-state index contributed by atoms with van der Waals surface area (Å²) in [6, 6.07) is 18.4. The zero-order chi connectivity index (χ0) is 15.9. The van der Waals surface area contributed by atoms with Crippen molar-refractivity contribution in [1.29, 1.82) is 21.0 Å². The summed E-state index contributed by atoms with van der Waals surface area (Å²) in [7, 11) is 0. The van der Waals surface area contributed by atoms with Gasteiger partial charge >= 0.3 is 0 Å². The van der Waals surface area contributed by atoms with Gasteiger partial charge in [0.25, 0.3) is 0 Å². The molecular formula is C18H8N4. The summed E-state index contributed by atoms with van der Waals surface area (Å²) >= 11 is 0. The van der Waals surface area contributed by atoms with E-state index in [1.807, 2.05) is 54.6 Å². The van der Waals surface area contributed by atoms with Crippen LogP contribution in [0, 0.1) is 45.3 Å². The van der Waals surface area contributed by atoms with Crippen LogP contribution in [-0.4, -0.2) is 0 Å². The summed E-state index contributed by atoms with van der Waals surface area (Å²) in [6.07, 6.45) is 3.45. The molecule has 0 aliphatic rings. The molecule has 100 valence electrons. The van der Waals surface area contributed by atoms with Crippen LogP contribution in [0.3, 0.4) is 0 Å². The Morgan fingerprint density at radius 2 is 1.32 bits per heavy atom. The van der Waals surface area contributed by atoms with Gasteiger partial charge in [-0.3, -0.25) is 0 Å². The third-order valence-corrected chi connectivity index (χ3v) is 3.07. The van der Waals surface area contributed by atoms with Gasteiger partial charge in [0.05, 0.1) is 22.3 Å². The van der Waals surface area contributed by atoms with E-state index in [-0.39, 0.29) is 22.3 Å². The van der Waals surface area contributed by atoms with Crippen LogP contribution in [0.4, 0.5) is 0 Å². The van der Waals surface area contributed by atoms with Crippen molar-refractivity contribution in [2.75, 3.05) is 0 Å². The highest BCUT2D eigenvalue weighted by Crippen LogP contribution is 2.23. The molecule has 2 rings (SSSR count). The minimum atomic E-state index is -0.0586. The third-order valence-electron chi connectivity index (χ3n) is 3.07. The van der Waals surface area contributed by atoms with Crippen LogP contribution < -0.4 is 0 Å². The van der Waals surface area contributed by atoms with Gasteiger partial charge in [-0.25, -0.2) is 0 Å². The van der Waals surface area contributed by atoms with Crippen LogP contribution in [-0.2, 0) is 0 Å². The standard InChI is InChI=1S/C18H8N4/c19-9-15-8-14(7-6-13-4-2-1-3-5-13)16(10-20)18(12-22)17(15)11-21/h1-8H. The van der Waals surface area contributed by atoms with Gasteiger partial charge in [-0.05, 0) is 17.2 Å². The molecule has 4 heteroatoms. The first kappa shape index (κ1) is 14.5. The lowest BCUT2D eigenvalue weighted by atomic mass is 9.93. The summed E-state index contributed by atoms with van der Waals surface area (Å²) in [5, 5.41) is 36.7. The molecule has 4 nitrogen and oxygen atoms in total. The van der Waals surface area contributed by atoms with Crippen molar-refractivity contribution in [3.05, 3.63) is 69.8 Å². The van der Waals surface area contributed by atoms with Crippen molar-refractivity contribution in [2.45, 2.75) is 0 Å². The molecule has 0 aromatic heterocycles. The fourth-order valence-corrected chi connectivity index (χ4v) is 2.02. The van der Waals surface area contributed by atoms with Crippen LogP contribution in [0.1, 0.15) is 33.4 Å². The molecule has 0 saturated heterocycles. The molecule has 22 heavy (non-hydrogen) atoms. The number of hydrogen-bond acceptors (Lipinski definition) is 4. The Labute approximate surface area is 128 Å². The van der Waals surface area contributed by atoms with Crippen LogP contribution in [0.2, 0.25) is 0 Å². The normalized spacial score (nSPS) is 9.45. The monoisotopic (exact) mass is 280 g/mol. The van der Waals surface area contributed by atoms with Crippen molar-refractivity contribution >= 4 is 12.2 Å². The lowest BCUT2D eigenvalue weighted by Gasteiger charge is -2.05. The molecule has 0 saturated carbocycles. The number of rotatable bonds is 2. The molecule has 0 heterocycles. The molecule has 0 unspecified atom stereocenters. The van der Waals surface area contributed by atoms with Crippen molar-refractivity contribution in [1.82, 2.24) is 0 Å². The summed E-state index contributed by atoms with van der Waals surface area (Å²) in [5.41, 5.74) is 1.44. The summed E-state index contributed by atoms with van der Waals surface area (Å²) in [6.45, 7) is 0. The number of nitriles is 4. The fraction of sp³-hybridized carbons (Fsp3) is 0.